The Bertz CT molecular complexity index is 657. The Balaban J connectivity index is 1.89. The Labute approximate surface area is 133 Å². The third kappa shape index (κ3) is 3.99. The van der Waals surface area contributed by atoms with Crippen molar-refractivity contribution in [2.45, 2.75) is 13.8 Å². The molecule has 0 bridgehead atoms. The van der Waals surface area contributed by atoms with Gasteiger partial charge in [0, 0.05) is 0 Å². The van der Waals surface area contributed by atoms with Gasteiger partial charge in [0.05, 0.1) is 16.1 Å². The van der Waals surface area contributed by atoms with Gasteiger partial charge in [-0.05, 0) is 59.1 Å². The van der Waals surface area contributed by atoms with Crippen LogP contribution in [0.3, 0.4) is 0 Å². The van der Waals surface area contributed by atoms with Gasteiger partial charge in [0.15, 0.2) is 0 Å². The van der Waals surface area contributed by atoms with E-state index in [1.807, 2.05) is 32.0 Å². The molecule has 0 saturated heterocycles. The van der Waals surface area contributed by atoms with Gasteiger partial charge < -0.3 is 9.47 Å². The minimum atomic E-state index is 0.443. The van der Waals surface area contributed by atoms with E-state index in [1.54, 1.807) is 18.2 Å². The number of benzene rings is 2. The number of ether oxygens (including phenoxy) is 2. The Morgan fingerprint density at radius 1 is 1.05 bits per heavy atom. The van der Waals surface area contributed by atoms with Crippen molar-refractivity contribution in [1.82, 2.24) is 0 Å². The highest BCUT2D eigenvalue weighted by Gasteiger charge is 2.05. The number of nitriles is 1. The van der Waals surface area contributed by atoms with Crippen molar-refractivity contribution >= 4 is 15.9 Å². The zero-order valence-electron chi connectivity index (χ0n) is 12.0. The number of rotatable bonds is 5. The molecule has 0 aromatic heterocycles. The molecule has 3 nitrogen and oxygen atoms in total. The van der Waals surface area contributed by atoms with Crippen LogP contribution in [0.5, 0.6) is 11.5 Å². The fourth-order valence-corrected chi connectivity index (χ4v) is 2.50. The highest BCUT2D eigenvalue weighted by atomic mass is 79.9. The van der Waals surface area contributed by atoms with Gasteiger partial charge in [-0.1, -0.05) is 18.2 Å². The van der Waals surface area contributed by atoms with Gasteiger partial charge in [-0.25, -0.2) is 0 Å². The van der Waals surface area contributed by atoms with E-state index in [1.165, 1.54) is 0 Å². The van der Waals surface area contributed by atoms with Crippen molar-refractivity contribution in [1.29, 1.82) is 5.26 Å². The summed E-state index contributed by atoms with van der Waals surface area (Å²) in [5, 5.41) is 8.81. The minimum absolute atomic E-state index is 0.443. The predicted molar refractivity (Wildman–Crippen MR) is 85.8 cm³/mol. The van der Waals surface area contributed by atoms with Crippen LogP contribution < -0.4 is 9.47 Å². The van der Waals surface area contributed by atoms with Crippen molar-refractivity contribution in [3.8, 4) is 17.6 Å². The number of para-hydroxylation sites is 1. The zero-order chi connectivity index (χ0) is 15.2. The van der Waals surface area contributed by atoms with Gasteiger partial charge in [-0.15, -0.1) is 0 Å². The second-order valence-corrected chi connectivity index (χ2v) is 5.53. The summed E-state index contributed by atoms with van der Waals surface area (Å²) < 4.78 is 12.2. The van der Waals surface area contributed by atoms with E-state index in [2.05, 4.69) is 22.0 Å². The number of halogens is 1. The first-order valence-corrected chi connectivity index (χ1v) is 7.42. The molecule has 0 fully saturated rings. The molecule has 0 spiro atoms. The number of aryl methyl sites for hydroxylation is 2. The van der Waals surface area contributed by atoms with Crippen molar-refractivity contribution in [3.63, 3.8) is 0 Å². The van der Waals surface area contributed by atoms with Gasteiger partial charge in [0.1, 0.15) is 24.7 Å². The molecule has 0 aliphatic heterocycles. The van der Waals surface area contributed by atoms with Crippen molar-refractivity contribution in [2.75, 3.05) is 13.2 Å². The van der Waals surface area contributed by atoms with Crippen LogP contribution >= 0.6 is 15.9 Å². The first kappa shape index (κ1) is 15.4. The SMILES string of the molecule is Cc1cccc(C)c1OCCOc1ccc(C#N)cc1Br. The summed E-state index contributed by atoms with van der Waals surface area (Å²) in [6.07, 6.45) is 0. The van der Waals surface area contributed by atoms with Crippen LogP contribution in [0.15, 0.2) is 40.9 Å². The Hall–Kier alpha value is -1.99. The lowest BCUT2D eigenvalue weighted by molar-refractivity contribution is 0.214. The maximum absolute atomic E-state index is 8.81. The fourth-order valence-electron chi connectivity index (χ4n) is 2.01. The average molecular weight is 346 g/mol. The molecule has 2 aromatic rings. The molecule has 0 aliphatic carbocycles. The molecule has 0 unspecified atom stereocenters. The lowest BCUT2D eigenvalue weighted by Crippen LogP contribution is -2.10. The first-order chi connectivity index (χ1) is 10.1. The quantitative estimate of drug-likeness (QED) is 0.754. The smallest absolute Gasteiger partial charge is 0.133 e. The van der Waals surface area contributed by atoms with Crippen LogP contribution in [-0.4, -0.2) is 13.2 Å². The van der Waals surface area contributed by atoms with Gasteiger partial charge in [-0.2, -0.15) is 5.26 Å². The second kappa shape index (κ2) is 7.14. The van der Waals surface area contributed by atoms with Crippen LogP contribution in [0.4, 0.5) is 0 Å². The molecule has 0 saturated carbocycles. The molecule has 4 heteroatoms. The fraction of sp³-hybridized carbons (Fsp3) is 0.235. The monoisotopic (exact) mass is 345 g/mol. The molecular formula is C17H16BrNO2. The number of hydrogen-bond donors (Lipinski definition) is 0. The molecule has 0 radical (unpaired) electrons. The maximum atomic E-state index is 8.81. The van der Waals surface area contributed by atoms with Crippen molar-refractivity contribution in [3.05, 3.63) is 57.6 Å². The van der Waals surface area contributed by atoms with E-state index in [0.29, 0.717) is 24.5 Å². The highest BCUT2D eigenvalue weighted by molar-refractivity contribution is 9.10. The maximum Gasteiger partial charge on any atom is 0.133 e. The van der Waals surface area contributed by atoms with E-state index in [9.17, 15) is 0 Å². The molecule has 2 aromatic carbocycles. The summed E-state index contributed by atoms with van der Waals surface area (Å²) >= 11 is 3.39. The summed E-state index contributed by atoms with van der Waals surface area (Å²) in [4.78, 5) is 0. The standard InChI is InChI=1S/C17H16BrNO2/c1-12-4-3-5-13(2)17(12)21-9-8-20-16-7-6-14(11-19)10-15(16)18/h3-7,10H,8-9H2,1-2H3. The Kier molecular flexibility index (Phi) is 5.24. The molecule has 21 heavy (non-hydrogen) atoms. The minimum Gasteiger partial charge on any atom is -0.489 e. The van der Waals surface area contributed by atoms with Crippen molar-refractivity contribution < 1.29 is 9.47 Å². The normalized spacial score (nSPS) is 10.0. The molecule has 0 aliphatic rings. The third-order valence-electron chi connectivity index (χ3n) is 3.06. The average Bonchev–Trinajstić information content (AvgIpc) is 2.47. The van der Waals surface area contributed by atoms with Crippen LogP contribution in [0.2, 0.25) is 0 Å². The second-order valence-electron chi connectivity index (χ2n) is 4.67. The van der Waals surface area contributed by atoms with Crippen LogP contribution in [0.1, 0.15) is 16.7 Å². The van der Waals surface area contributed by atoms with E-state index in [4.69, 9.17) is 14.7 Å². The van der Waals surface area contributed by atoms with Crippen LogP contribution in [-0.2, 0) is 0 Å². The predicted octanol–water partition coefficient (Wildman–Crippen LogP) is 4.40. The van der Waals surface area contributed by atoms with E-state index in [-0.39, 0.29) is 0 Å². The Morgan fingerprint density at radius 2 is 1.71 bits per heavy atom. The van der Waals surface area contributed by atoms with Gasteiger partial charge in [-0.3, -0.25) is 0 Å². The topological polar surface area (TPSA) is 42.2 Å². The Morgan fingerprint density at radius 3 is 2.33 bits per heavy atom. The van der Waals surface area contributed by atoms with Gasteiger partial charge in [0.2, 0.25) is 0 Å². The van der Waals surface area contributed by atoms with Crippen LogP contribution in [0.25, 0.3) is 0 Å². The van der Waals surface area contributed by atoms with E-state index < -0.39 is 0 Å². The van der Waals surface area contributed by atoms with E-state index in [0.717, 1.165) is 21.3 Å². The summed E-state index contributed by atoms with van der Waals surface area (Å²) in [5.41, 5.74) is 2.84. The lowest BCUT2D eigenvalue weighted by Gasteiger charge is -2.13. The number of hydrogen-bond acceptors (Lipinski definition) is 3. The summed E-state index contributed by atoms with van der Waals surface area (Å²) in [6.45, 7) is 4.97. The van der Waals surface area contributed by atoms with E-state index >= 15 is 0 Å². The van der Waals surface area contributed by atoms with Gasteiger partial charge in [0.25, 0.3) is 0 Å². The summed E-state index contributed by atoms with van der Waals surface area (Å²) in [7, 11) is 0. The molecule has 0 heterocycles. The largest absolute Gasteiger partial charge is 0.489 e. The highest BCUT2D eigenvalue weighted by Crippen LogP contribution is 2.26. The zero-order valence-corrected chi connectivity index (χ0v) is 13.6. The lowest BCUT2D eigenvalue weighted by atomic mass is 10.1. The molecule has 0 atom stereocenters. The molecule has 108 valence electrons. The van der Waals surface area contributed by atoms with Crippen LogP contribution in [0, 0.1) is 25.2 Å². The van der Waals surface area contributed by atoms with Gasteiger partial charge >= 0.3 is 0 Å². The first-order valence-electron chi connectivity index (χ1n) is 6.63. The molecule has 2 rings (SSSR count). The molecular weight excluding hydrogens is 330 g/mol. The number of nitrogens with zero attached hydrogens (tertiary/aromatic N) is 1. The molecule has 0 N–H and O–H groups in total. The summed E-state index contributed by atoms with van der Waals surface area (Å²) in [6, 6.07) is 13.4. The third-order valence-corrected chi connectivity index (χ3v) is 3.68. The van der Waals surface area contributed by atoms with Crippen molar-refractivity contribution in [2.24, 2.45) is 0 Å². The summed E-state index contributed by atoms with van der Waals surface area (Å²) in [5.74, 6) is 1.62. The molecule has 0 amide bonds.